The van der Waals surface area contributed by atoms with Crippen LogP contribution in [0.25, 0.3) is 11.0 Å². The third-order valence-corrected chi connectivity index (χ3v) is 3.18. The van der Waals surface area contributed by atoms with E-state index in [1.165, 1.54) is 0 Å². The molecule has 0 bridgehead atoms. The molecule has 110 valence electrons. The van der Waals surface area contributed by atoms with Gasteiger partial charge in [0.1, 0.15) is 5.82 Å². The van der Waals surface area contributed by atoms with E-state index in [0.29, 0.717) is 12.6 Å². The molecule has 20 heavy (non-hydrogen) atoms. The Morgan fingerprint density at radius 1 is 1.40 bits per heavy atom. The number of methoxy groups -OCH3 is 1. The van der Waals surface area contributed by atoms with Gasteiger partial charge in [-0.3, -0.25) is 5.10 Å². The van der Waals surface area contributed by atoms with Crippen LogP contribution in [-0.4, -0.2) is 53.0 Å². The number of aromatic amines is 1. The summed E-state index contributed by atoms with van der Waals surface area (Å²) < 4.78 is 5.26. The summed E-state index contributed by atoms with van der Waals surface area (Å²) in [5, 5.41) is 11.1. The molecule has 0 saturated carbocycles. The zero-order chi connectivity index (χ0) is 14.5. The lowest BCUT2D eigenvalue weighted by atomic mass is 10.2. The van der Waals surface area contributed by atoms with Gasteiger partial charge >= 0.3 is 0 Å². The van der Waals surface area contributed by atoms with E-state index in [-0.39, 0.29) is 6.04 Å². The third-order valence-electron chi connectivity index (χ3n) is 3.18. The van der Waals surface area contributed by atoms with E-state index >= 15 is 0 Å². The molecular formula is C13H22N6O. The normalized spacial score (nSPS) is 12.6. The molecule has 0 aliphatic rings. The quantitative estimate of drug-likeness (QED) is 0.801. The van der Waals surface area contributed by atoms with E-state index in [2.05, 4.69) is 44.2 Å². The standard InChI is InChI=1S/C13H22N6O/c1-5-14-13-16-11-10(7-15-18-11)12(17-13)19(6-2)9(3)8-20-4/h7,9H,5-6,8H2,1-4H3,(H2,14,15,16,17,18). The predicted molar refractivity (Wildman–Crippen MR) is 80.2 cm³/mol. The van der Waals surface area contributed by atoms with Gasteiger partial charge in [0.15, 0.2) is 5.65 Å². The minimum Gasteiger partial charge on any atom is -0.383 e. The maximum absolute atomic E-state index is 5.26. The van der Waals surface area contributed by atoms with Gasteiger partial charge in [-0.2, -0.15) is 15.1 Å². The number of hydrogen-bond donors (Lipinski definition) is 2. The number of anilines is 2. The molecule has 1 atom stereocenters. The van der Waals surface area contributed by atoms with E-state index in [9.17, 15) is 0 Å². The van der Waals surface area contributed by atoms with Gasteiger partial charge in [-0.1, -0.05) is 0 Å². The SMILES string of the molecule is CCNc1nc(N(CC)C(C)COC)c2cn[nH]c2n1. The number of nitrogens with one attached hydrogen (secondary N) is 2. The number of ether oxygens (including phenoxy) is 1. The molecule has 7 heteroatoms. The van der Waals surface area contributed by atoms with Gasteiger partial charge in [0.05, 0.1) is 24.2 Å². The summed E-state index contributed by atoms with van der Waals surface area (Å²) in [7, 11) is 1.71. The lowest BCUT2D eigenvalue weighted by Crippen LogP contribution is -2.37. The Hall–Kier alpha value is -1.89. The van der Waals surface area contributed by atoms with Crippen LogP contribution in [0.4, 0.5) is 11.8 Å². The van der Waals surface area contributed by atoms with Gasteiger partial charge in [-0.25, -0.2) is 0 Å². The Kier molecular flexibility index (Phi) is 4.73. The van der Waals surface area contributed by atoms with Crippen LogP contribution in [0.1, 0.15) is 20.8 Å². The van der Waals surface area contributed by atoms with Gasteiger partial charge in [0, 0.05) is 20.2 Å². The van der Waals surface area contributed by atoms with E-state index < -0.39 is 0 Å². The molecule has 0 spiro atoms. The number of rotatable bonds is 7. The first-order chi connectivity index (χ1) is 9.71. The topological polar surface area (TPSA) is 79.0 Å². The Morgan fingerprint density at radius 3 is 2.85 bits per heavy atom. The summed E-state index contributed by atoms with van der Waals surface area (Å²) in [6, 6.07) is 0.229. The monoisotopic (exact) mass is 278 g/mol. The van der Waals surface area contributed by atoms with E-state index in [4.69, 9.17) is 4.74 Å². The van der Waals surface area contributed by atoms with Gasteiger partial charge in [-0.15, -0.1) is 0 Å². The zero-order valence-electron chi connectivity index (χ0n) is 12.5. The average molecular weight is 278 g/mol. The van der Waals surface area contributed by atoms with Crippen LogP contribution in [0.15, 0.2) is 6.20 Å². The lowest BCUT2D eigenvalue weighted by Gasteiger charge is -2.29. The molecule has 2 N–H and O–H groups in total. The van der Waals surface area contributed by atoms with E-state index in [1.807, 2.05) is 6.92 Å². The highest BCUT2D eigenvalue weighted by Crippen LogP contribution is 2.25. The van der Waals surface area contributed by atoms with Crippen molar-refractivity contribution < 1.29 is 4.74 Å². The van der Waals surface area contributed by atoms with Crippen LogP contribution in [-0.2, 0) is 4.74 Å². The molecule has 0 radical (unpaired) electrons. The van der Waals surface area contributed by atoms with Crippen LogP contribution in [0.2, 0.25) is 0 Å². The molecule has 0 saturated heterocycles. The van der Waals surface area contributed by atoms with Crippen LogP contribution < -0.4 is 10.2 Å². The minimum atomic E-state index is 0.229. The number of likely N-dealkylation sites (N-methyl/N-ethyl adjacent to an activating group) is 1. The second-order valence-electron chi connectivity index (χ2n) is 4.62. The van der Waals surface area contributed by atoms with Crippen molar-refractivity contribution >= 4 is 22.8 Å². The fourth-order valence-corrected chi connectivity index (χ4v) is 2.28. The van der Waals surface area contributed by atoms with Gasteiger partial charge in [0.25, 0.3) is 0 Å². The van der Waals surface area contributed by atoms with Crippen molar-refractivity contribution in [2.24, 2.45) is 0 Å². The van der Waals surface area contributed by atoms with Crippen molar-refractivity contribution in [2.75, 3.05) is 37.0 Å². The Bertz CT molecular complexity index is 555. The first-order valence-electron chi connectivity index (χ1n) is 6.91. The molecule has 0 amide bonds. The smallest absolute Gasteiger partial charge is 0.226 e. The molecule has 7 nitrogen and oxygen atoms in total. The summed E-state index contributed by atoms with van der Waals surface area (Å²) in [6.07, 6.45) is 1.77. The first kappa shape index (κ1) is 14.5. The van der Waals surface area contributed by atoms with E-state index in [0.717, 1.165) is 29.9 Å². The highest BCUT2D eigenvalue weighted by atomic mass is 16.5. The average Bonchev–Trinajstić information content (AvgIpc) is 2.88. The van der Waals surface area contributed by atoms with Crippen LogP contribution in [0.3, 0.4) is 0 Å². The summed E-state index contributed by atoms with van der Waals surface area (Å²) >= 11 is 0. The highest BCUT2D eigenvalue weighted by molar-refractivity contribution is 5.87. The lowest BCUT2D eigenvalue weighted by molar-refractivity contribution is 0.182. The first-order valence-corrected chi connectivity index (χ1v) is 6.91. The zero-order valence-corrected chi connectivity index (χ0v) is 12.5. The van der Waals surface area contributed by atoms with Crippen molar-refractivity contribution in [1.82, 2.24) is 20.2 Å². The molecule has 0 aliphatic heterocycles. The summed E-state index contributed by atoms with van der Waals surface area (Å²) in [5.74, 6) is 1.49. The molecule has 0 aliphatic carbocycles. The maximum atomic E-state index is 5.26. The molecular weight excluding hydrogens is 256 g/mol. The molecule has 0 fully saturated rings. The maximum Gasteiger partial charge on any atom is 0.226 e. The Labute approximate surface area is 118 Å². The van der Waals surface area contributed by atoms with Gasteiger partial charge in [0.2, 0.25) is 5.95 Å². The van der Waals surface area contributed by atoms with Crippen LogP contribution in [0, 0.1) is 0 Å². The minimum absolute atomic E-state index is 0.229. The van der Waals surface area contributed by atoms with Crippen molar-refractivity contribution in [2.45, 2.75) is 26.8 Å². The van der Waals surface area contributed by atoms with Crippen LogP contribution in [0.5, 0.6) is 0 Å². The van der Waals surface area contributed by atoms with Gasteiger partial charge in [-0.05, 0) is 20.8 Å². The highest BCUT2D eigenvalue weighted by Gasteiger charge is 2.19. The number of hydrogen-bond acceptors (Lipinski definition) is 6. The molecule has 2 rings (SSSR count). The number of nitrogens with zero attached hydrogens (tertiary/aromatic N) is 4. The van der Waals surface area contributed by atoms with E-state index in [1.54, 1.807) is 13.3 Å². The fraction of sp³-hybridized carbons (Fsp3) is 0.615. The summed E-state index contributed by atoms with van der Waals surface area (Å²) in [5.41, 5.74) is 0.744. The van der Waals surface area contributed by atoms with Crippen molar-refractivity contribution in [3.8, 4) is 0 Å². The Morgan fingerprint density at radius 2 is 2.20 bits per heavy atom. The molecule has 1 unspecified atom stereocenters. The summed E-state index contributed by atoms with van der Waals surface area (Å²) in [6.45, 7) is 8.51. The number of aromatic nitrogens is 4. The van der Waals surface area contributed by atoms with Gasteiger partial charge < -0.3 is 15.0 Å². The largest absolute Gasteiger partial charge is 0.383 e. The fourth-order valence-electron chi connectivity index (χ4n) is 2.28. The molecule has 2 heterocycles. The summed E-state index contributed by atoms with van der Waals surface area (Å²) in [4.78, 5) is 11.2. The Balaban J connectivity index is 2.46. The van der Waals surface area contributed by atoms with Crippen LogP contribution >= 0.6 is 0 Å². The predicted octanol–water partition coefficient (Wildman–Crippen LogP) is 1.65. The second kappa shape index (κ2) is 6.51. The second-order valence-corrected chi connectivity index (χ2v) is 4.62. The molecule has 2 aromatic heterocycles. The number of fused-ring (bicyclic) bond motifs is 1. The number of H-pyrrole nitrogens is 1. The van der Waals surface area contributed by atoms with Crippen molar-refractivity contribution in [3.05, 3.63) is 6.20 Å². The third kappa shape index (κ3) is 2.82. The van der Waals surface area contributed by atoms with Crippen molar-refractivity contribution in [3.63, 3.8) is 0 Å². The van der Waals surface area contributed by atoms with Crippen molar-refractivity contribution in [1.29, 1.82) is 0 Å². The molecule has 2 aromatic rings. The molecule has 0 aromatic carbocycles.